The molecule has 1 nitrogen and oxygen atoms in total. The first-order valence-electron chi connectivity index (χ1n) is 5.22. The SMILES string of the molecule is C=C(N)C(=C)CC(C)CC1CCC1. The predicted octanol–water partition coefficient (Wildman–Crippen LogP) is 3.23. The zero-order valence-corrected chi connectivity index (χ0v) is 8.68. The van der Waals surface area contributed by atoms with Crippen LogP contribution in [0.4, 0.5) is 0 Å². The zero-order valence-electron chi connectivity index (χ0n) is 8.68. The molecule has 1 fully saturated rings. The van der Waals surface area contributed by atoms with Crippen molar-refractivity contribution in [2.75, 3.05) is 0 Å². The second kappa shape index (κ2) is 4.50. The molecule has 0 saturated heterocycles. The highest BCUT2D eigenvalue weighted by Gasteiger charge is 2.20. The third kappa shape index (κ3) is 3.25. The second-order valence-electron chi connectivity index (χ2n) is 4.47. The van der Waals surface area contributed by atoms with E-state index in [4.69, 9.17) is 5.73 Å². The predicted molar refractivity (Wildman–Crippen MR) is 58.2 cm³/mol. The Morgan fingerprint density at radius 3 is 2.46 bits per heavy atom. The maximum absolute atomic E-state index is 5.57. The summed E-state index contributed by atoms with van der Waals surface area (Å²) >= 11 is 0. The maximum atomic E-state index is 5.57. The number of hydrogen-bond acceptors (Lipinski definition) is 1. The molecule has 1 saturated carbocycles. The molecule has 0 spiro atoms. The number of rotatable bonds is 5. The zero-order chi connectivity index (χ0) is 9.84. The normalized spacial score (nSPS) is 19.2. The van der Waals surface area contributed by atoms with Gasteiger partial charge in [-0.1, -0.05) is 39.3 Å². The van der Waals surface area contributed by atoms with E-state index in [1.54, 1.807) is 0 Å². The van der Waals surface area contributed by atoms with Crippen molar-refractivity contribution in [1.29, 1.82) is 0 Å². The molecule has 1 atom stereocenters. The summed E-state index contributed by atoms with van der Waals surface area (Å²) in [5, 5.41) is 0. The highest BCUT2D eigenvalue weighted by molar-refractivity contribution is 5.21. The fraction of sp³-hybridized carbons (Fsp3) is 0.667. The van der Waals surface area contributed by atoms with Crippen molar-refractivity contribution >= 4 is 0 Å². The third-order valence-electron chi connectivity index (χ3n) is 3.01. The van der Waals surface area contributed by atoms with Crippen LogP contribution in [0.5, 0.6) is 0 Å². The van der Waals surface area contributed by atoms with Gasteiger partial charge in [0.05, 0.1) is 0 Å². The summed E-state index contributed by atoms with van der Waals surface area (Å²) in [6.45, 7) is 9.90. The van der Waals surface area contributed by atoms with Gasteiger partial charge in [0.2, 0.25) is 0 Å². The molecule has 0 aromatic heterocycles. The van der Waals surface area contributed by atoms with E-state index in [-0.39, 0.29) is 0 Å². The van der Waals surface area contributed by atoms with Gasteiger partial charge in [0.1, 0.15) is 0 Å². The Morgan fingerprint density at radius 1 is 1.46 bits per heavy atom. The molecule has 1 rings (SSSR count). The molecule has 1 unspecified atom stereocenters. The minimum Gasteiger partial charge on any atom is -0.399 e. The topological polar surface area (TPSA) is 26.0 Å². The van der Waals surface area contributed by atoms with E-state index in [0.717, 1.165) is 23.8 Å². The minimum absolute atomic E-state index is 0.653. The van der Waals surface area contributed by atoms with Gasteiger partial charge in [-0.3, -0.25) is 0 Å². The summed E-state index contributed by atoms with van der Waals surface area (Å²) < 4.78 is 0. The fourth-order valence-corrected chi connectivity index (χ4v) is 1.93. The lowest BCUT2D eigenvalue weighted by atomic mass is 9.78. The lowest BCUT2D eigenvalue weighted by molar-refractivity contribution is 0.256. The molecular formula is C12H21N. The highest BCUT2D eigenvalue weighted by atomic mass is 14.6. The lowest BCUT2D eigenvalue weighted by Crippen LogP contribution is -2.15. The molecule has 0 aliphatic heterocycles. The summed E-state index contributed by atoms with van der Waals surface area (Å²) in [6, 6.07) is 0. The summed E-state index contributed by atoms with van der Waals surface area (Å²) in [6.07, 6.45) is 6.65. The number of hydrogen-bond donors (Lipinski definition) is 1. The molecule has 0 amide bonds. The van der Waals surface area contributed by atoms with Crippen LogP contribution < -0.4 is 5.73 Å². The molecule has 1 aliphatic carbocycles. The van der Waals surface area contributed by atoms with Crippen molar-refractivity contribution in [3.63, 3.8) is 0 Å². The molecule has 0 aromatic rings. The first kappa shape index (κ1) is 10.4. The van der Waals surface area contributed by atoms with Crippen LogP contribution in [0.15, 0.2) is 24.4 Å². The largest absolute Gasteiger partial charge is 0.399 e. The molecule has 0 heterocycles. The van der Waals surface area contributed by atoms with Crippen molar-refractivity contribution in [2.24, 2.45) is 17.6 Å². The van der Waals surface area contributed by atoms with Crippen LogP contribution in [-0.2, 0) is 0 Å². The Morgan fingerprint density at radius 2 is 2.08 bits per heavy atom. The third-order valence-corrected chi connectivity index (χ3v) is 3.01. The van der Waals surface area contributed by atoms with E-state index in [0.29, 0.717) is 5.70 Å². The van der Waals surface area contributed by atoms with Crippen molar-refractivity contribution < 1.29 is 0 Å². The van der Waals surface area contributed by atoms with E-state index in [2.05, 4.69) is 20.1 Å². The van der Waals surface area contributed by atoms with Crippen LogP contribution in [-0.4, -0.2) is 0 Å². The molecule has 0 radical (unpaired) electrons. The van der Waals surface area contributed by atoms with Gasteiger partial charge in [0.15, 0.2) is 0 Å². The van der Waals surface area contributed by atoms with Crippen molar-refractivity contribution in [3.8, 4) is 0 Å². The second-order valence-corrected chi connectivity index (χ2v) is 4.47. The van der Waals surface area contributed by atoms with E-state index in [1.807, 2.05) is 0 Å². The standard InChI is InChI=1S/C12H21N/c1-9(7-10(2)11(3)13)8-12-5-4-6-12/h9,12H,2-8,13H2,1H3. The molecule has 13 heavy (non-hydrogen) atoms. The van der Waals surface area contributed by atoms with Crippen LogP contribution in [0.25, 0.3) is 0 Å². The average molecular weight is 179 g/mol. The molecule has 1 heteroatoms. The van der Waals surface area contributed by atoms with E-state index < -0.39 is 0 Å². The lowest BCUT2D eigenvalue weighted by Gasteiger charge is -2.28. The molecule has 74 valence electrons. The molecule has 2 N–H and O–H groups in total. The minimum atomic E-state index is 0.653. The molecular weight excluding hydrogens is 158 g/mol. The van der Waals surface area contributed by atoms with Gasteiger partial charge in [-0.25, -0.2) is 0 Å². The summed E-state index contributed by atoms with van der Waals surface area (Å²) in [5.74, 6) is 1.70. The van der Waals surface area contributed by atoms with E-state index in [9.17, 15) is 0 Å². The van der Waals surface area contributed by atoms with Crippen LogP contribution in [0.2, 0.25) is 0 Å². The summed E-state index contributed by atoms with van der Waals surface area (Å²) in [5.41, 5.74) is 7.24. The number of nitrogens with two attached hydrogens (primary N) is 1. The molecule has 1 aliphatic rings. The summed E-state index contributed by atoms with van der Waals surface area (Å²) in [4.78, 5) is 0. The Hall–Kier alpha value is -0.720. The van der Waals surface area contributed by atoms with Crippen molar-refractivity contribution in [1.82, 2.24) is 0 Å². The number of allylic oxidation sites excluding steroid dienone is 1. The van der Waals surface area contributed by atoms with E-state index in [1.165, 1.54) is 25.7 Å². The summed E-state index contributed by atoms with van der Waals surface area (Å²) in [7, 11) is 0. The van der Waals surface area contributed by atoms with Crippen molar-refractivity contribution in [3.05, 3.63) is 24.4 Å². The van der Waals surface area contributed by atoms with Crippen LogP contribution >= 0.6 is 0 Å². The van der Waals surface area contributed by atoms with Gasteiger partial charge in [-0.15, -0.1) is 0 Å². The Kier molecular flexibility index (Phi) is 3.58. The van der Waals surface area contributed by atoms with E-state index >= 15 is 0 Å². The van der Waals surface area contributed by atoms with Gasteiger partial charge in [0.25, 0.3) is 0 Å². The first-order valence-corrected chi connectivity index (χ1v) is 5.22. The first-order chi connectivity index (χ1) is 6.09. The van der Waals surface area contributed by atoms with Gasteiger partial charge in [-0.2, -0.15) is 0 Å². The van der Waals surface area contributed by atoms with Gasteiger partial charge >= 0.3 is 0 Å². The van der Waals surface area contributed by atoms with Crippen LogP contribution in [0.3, 0.4) is 0 Å². The fourth-order valence-electron chi connectivity index (χ4n) is 1.93. The maximum Gasteiger partial charge on any atom is 0.0267 e. The Balaban J connectivity index is 2.19. The Labute approximate surface area is 81.7 Å². The average Bonchev–Trinajstić information content (AvgIpc) is 1.96. The van der Waals surface area contributed by atoms with Gasteiger partial charge in [0, 0.05) is 5.70 Å². The quantitative estimate of drug-likeness (QED) is 0.644. The molecule has 0 bridgehead atoms. The molecule has 0 aromatic carbocycles. The van der Waals surface area contributed by atoms with Gasteiger partial charge < -0.3 is 5.73 Å². The smallest absolute Gasteiger partial charge is 0.0267 e. The highest BCUT2D eigenvalue weighted by Crippen LogP contribution is 2.33. The van der Waals surface area contributed by atoms with Crippen LogP contribution in [0, 0.1) is 11.8 Å². The Bertz CT molecular complexity index is 201. The van der Waals surface area contributed by atoms with Crippen LogP contribution in [0.1, 0.15) is 39.0 Å². The van der Waals surface area contributed by atoms with Crippen molar-refractivity contribution in [2.45, 2.75) is 39.0 Å². The monoisotopic (exact) mass is 179 g/mol. The van der Waals surface area contributed by atoms with Gasteiger partial charge in [-0.05, 0) is 30.3 Å².